The topological polar surface area (TPSA) is 30.7 Å². The zero-order valence-corrected chi connectivity index (χ0v) is 31.0. The van der Waals surface area contributed by atoms with Gasteiger partial charge < -0.3 is 4.57 Å². The Bertz CT molecular complexity index is 3160. The summed E-state index contributed by atoms with van der Waals surface area (Å²) in [4.78, 5) is 10.2. The van der Waals surface area contributed by atoms with Crippen LogP contribution in [0, 0.1) is 0 Å². The third-order valence-electron chi connectivity index (χ3n) is 11.3. The van der Waals surface area contributed by atoms with E-state index in [-0.39, 0.29) is 0 Å². The van der Waals surface area contributed by atoms with E-state index in [2.05, 4.69) is 193 Å². The fourth-order valence-electron chi connectivity index (χ4n) is 8.59. The molecule has 0 amide bonds. The average Bonchev–Trinajstić information content (AvgIpc) is 3.63. The third kappa shape index (κ3) is 5.60. The number of fused-ring (bicyclic) bond motifs is 5. The van der Waals surface area contributed by atoms with E-state index in [9.17, 15) is 0 Å². The molecule has 0 fully saturated rings. The minimum absolute atomic E-state index is 0.713. The number of para-hydroxylation sites is 2. The number of aromatic nitrogens is 3. The molecule has 0 aliphatic carbocycles. The van der Waals surface area contributed by atoms with Crippen molar-refractivity contribution in [3.8, 4) is 61.8 Å². The quantitative estimate of drug-likeness (QED) is 0.171. The maximum Gasteiger partial charge on any atom is 0.160 e. The largest absolute Gasteiger partial charge is 0.309 e. The van der Waals surface area contributed by atoms with Crippen molar-refractivity contribution < 1.29 is 0 Å². The van der Waals surface area contributed by atoms with Gasteiger partial charge in [-0.25, -0.2) is 9.97 Å². The predicted octanol–water partition coefficient (Wildman–Crippen LogP) is 14.2. The third-order valence-corrected chi connectivity index (χ3v) is 11.3. The lowest BCUT2D eigenvalue weighted by atomic mass is 9.88. The zero-order chi connectivity index (χ0) is 37.7. The first-order valence-corrected chi connectivity index (χ1v) is 19.4. The van der Waals surface area contributed by atoms with E-state index in [1.54, 1.807) is 0 Å². The van der Waals surface area contributed by atoms with Gasteiger partial charge in [-0.15, -0.1) is 0 Å². The summed E-state index contributed by atoms with van der Waals surface area (Å²) in [7, 11) is 0. The molecule has 2 heterocycles. The summed E-state index contributed by atoms with van der Waals surface area (Å²) < 4.78 is 2.37. The van der Waals surface area contributed by atoms with Gasteiger partial charge in [-0.1, -0.05) is 182 Å². The molecule has 0 unspecified atom stereocenters. The van der Waals surface area contributed by atoms with E-state index >= 15 is 0 Å². The van der Waals surface area contributed by atoms with Crippen molar-refractivity contribution in [2.24, 2.45) is 0 Å². The highest BCUT2D eigenvalue weighted by molar-refractivity contribution is 6.12. The monoisotopic (exact) mass is 725 g/mol. The second kappa shape index (κ2) is 13.6. The van der Waals surface area contributed by atoms with Crippen LogP contribution in [0.3, 0.4) is 0 Å². The van der Waals surface area contributed by atoms with E-state index in [4.69, 9.17) is 9.97 Å². The highest BCUT2D eigenvalue weighted by Gasteiger charge is 2.17. The van der Waals surface area contributed by atoms with E-state index in [1.807, 2.05) is 24.3 Å². The standard InChI is InChI=1S/C54H35N3/c1-3-15-37(16-4-1)50-35-51(56-54(55-50)38-17-5-2-6-18-38)47-34-33-46(43-21-9-10-22-44(43)47)45-32-31-40(41-19-7-8-20-42(41)45)36-27-29-39(30-28-36)57-52-25-13-11-23-48(52)49-24-12-14-26-53(49)57/h1-35H. The Morgan fingerprint density at radius 1 is 0.281 bits per heavy atom. The molecule has 11 rings (SSSR count). The summed E-state index contributed by atoms with van der Waals surface area (Å²) in [6.45, 7) is 0. The number of benzene rings is 9. The van der Waals surface area contributed by atoms with E-state index in [0.29, 0.717) is 5.82 Å². The zero-order valence-electron chi connectivity index (χ0n) is 31.0. The molecule has 0 N–H and O–H groups in total. The molecule has 2 aromatic heterocycles. The Morgan fingerprint density at radius 2 is 0.702 bits per heavy atom. The van der Waals surface area contributed by atoms with Crippen LogP contribution < -0.4 is 0 Å². The van der Waals surface area contributed by atoms with Gasteiger partial charge in [0.15, 0.2) is 5.82 Å². The summed E-state index contributed by atoms with van der Waals surface area (Å²) in [5.41, 5.74) is 13.3. The average molecular weight is 726 g/mol. The van der Waals surface area contributed by atoms with Crippen LogP contribution in [-0.4, -0.2) is 14.5 Å². The van der Waals surface area contributed by atoms with Crippen LogP contribution in [0.1, 0.15) is 0 Å². The summed E-state index contributed by atoms with van der Waals surface area (Å²) in [5.74, 6) is 0.713. The maximum atomic E-state index is 5.19. The first kappa shape index (κ1) is 32.8. The van der Waals surface area contributed by atoms with Crippen LogP contribution in [-0.2, 0) is 0 Å². The molecule has 0 bridgehead atoms. The van der Waals surface area contributed by atoms with Crippen LogP contribution in [0.15, 0.2) is 212 Å². The minimum atomic E-state index is 0.713. The van der Waals surface area contributed by atoms with Crippen molar-refractivity contribution in [3.05, 3.63) is 212 Å². The maximum absolute atomic E-state index is 5.19. The molecule has 0 spiro atoms. The van der Waals surface area contributed by atoms with Crippen molar-refractivity contribution in [2.45, 2.75) is 0 Å². The summed E-state index contributed by atoms with van der Waals surface area (Å²) in [6.07, 6.45) is 0. The van der Waals surface area contributed by atoms with Crippen LogP contribution in [0.25, 0.3) is 105 Å². The van der Waals surface area contributed by atoms with E-state index in [1.165, 1.54) is 60.2 Å². The van der Waals surface area contributed by atoms with E-state index in [0.717, 1.165) is 39.2 Å². The van der Waals surface area contributed by atoms with Crippen LogP contribution >= 0.6 is 0 Å². The molecule has 0 saturated heterocycles. The second-order valence-corrected chi connectivity index (χ2v) is 14.5. The summed E-state index contributed by atoms with van der Waals surface area (Å²) in [5, 5.41) is 7.32. The Balaban J connectivity index is 1.02. The number of rotatable bonds is 6. The molecule has 3 heteroatoms. The van der Waals surface area contributed by atoms with Gasteiger partial charge in [0.1, 0.15) is 0 Å². The minimum Gasteiger partial charge on any atom is -0.309 e. The van der Waals surface area contributed by atoms with Gasteiger partial charge in [-0.3, -0.25) is 0 Å². The van der Waals surface area contributed by atoms with Crippen molar-refractivity contribution in [1.29, 1.82) is 0 Å². The van der Waals surface area contributed by atoms with Gasteiger partial charge >= 0.3 is 0 Å². The normalized spacial score (nSPS) is 11.5. The predicted molar refractivity (Wildman–Crippen MR) is 239 cm³/mol. The van der Waals surface area contributed by atoms with Gasteiger partial charge in [-0.2, -0.15) is 0 Å². The summed E-state index contributed by atoms with van der Waals surface area (Å²) in [6, 6.07) is 75.7. The van der Waals surface area contributed by atoms with Crippen molar-refractivity contribution >= 4 is 43.4 Å². The first-order valence-electron chi connectivity index (χ1n) is 19.4. The lowest BCUT2D eigenvalue weighted by Gasteiger charge is -2.16. The number of hydrogen-bond donors (Lipinski definition) is 0. The van der Waals surface area contributed by atoms with Crippen LogP contribution in [0.5, 0.6) is 0 Å². The fraction of sp³-hybridized carbons (Fsp3) is 0. The first-order chi connectivity index (χ1) is 28.3. The number of nitrogens with zero attached hydrogens (tertiary/aromatic N) is 3. The highest BCUT2D eigenvalue weighted by Crippen LogP contribution is 2.42. The van der Waals surface area contributed by atoms with Gasteiger partial charge in [-0.05, 0) is 74.1 Å². The molecule has 9 aromatic carbocycles. The lowest BCUT2D eigenvalue weighted by Crippen LogP contribution is -1.96. The molecular weight excluding hydrogens is 691 g/mol. The Hall–Kier alpha value is -7.62. The van der Waals surface area contributed by atoms with Gasteiger partial charge in [0.05, 0.1) is 22.4 Å². The molecule has 57 heavy (non-hydrogen) atoms. The Morgan fingerprint density at radius 3 is 1.28 bits per heavy atom. The number of hydrogen-bond acceptors (Lipinski definition) is 2. The highest BCUT2D eigenvalue weighted by atomic mass is 15.0. The van der Waals surface area contributed by atoms with Gasteiger partial charge in [0.25, 0.3) is 0 Å². The molecule has 0 aliphatic heterocycles. The molecule has 0 radical (unpaired) electrons. The smallest absolute Gasteiger partial charge is 0.160 e. The molecule has 0 atom stereocenters. The van der Waals surface area contributed by atoms with Crippen LogP contribution in [0.4, 0.5) is 0 Å². The molecule has 0 saturated carbocycles. The SMILES string of the molecule is c1ccc(-c2cc(-c3ccc(-c4ccc(-c5ccc(-n6c7ccccc7c7ccccc76)cc5)c5ccccc45)c4ccccc34)nc(-c3ccccc3)n2)cc1. The summed E-state index contributed by atoms with van der Waals surface area (Å²) >= 11 is 0. The van der Waals surface area contributed by atoms with Crippen molar-refractivity contribution in [2.75, 3.05) is 0 Å². The lowest BCUT2D eigenvalue weighted by molar-refractivity contribution is 1.18. The van der Waals surface area contributed by atoms with E-state index < -0.39 is 0 Å². The molecule has 0 aliphatic rings. The molecular formula is C54H35N3. The van der Waals surface area contributed by atoms with Gasteiger partial charge in [0, 0.05) is 33.2 Å². The van der Waals surface area contributed by atoms with Crippen molar-refractivity contribution in [3.63, 3.8) is 0 Å². The van der Waals surface area contributed by atoms with Crippen molar-refractivity contribution in [1.82, 2.24) is 14.5 Å². The molecule has 11 aromatic rings. The molecule has 266 valence electrons. The second-order valence-electron chi connectivity index (χ2n) is 14.5. The fourth-order valence-corrected chi connectivity index (χ4v) is 8.59. The molecule has 3 nitrogen and oxygen atoms in total. The Kier molecular flexibility index (Phi) is 7.82. The van der Waals surface area contributed by atoms with Gasteiger partial charge in [0.2, 0.25) is 0 Å². The Labute approximate surface area is 330 Å². The van der Waals surface area contributed by atoms with Crippen LogP contribution in [0.2, 0.25) is 0 Å².